The van der Waals surface area contributed by atoms with Gasteiger partial charge in [-0.3, -0.25) is 4.79 Å². The van der Waals surface area contributed by atoms with Crippen molar-refractivity contribution >= 4 is 34.0 Å². The van der Waals surface area contributed by atoms with Crippen molar-refractivity contribution in [1.29, 1.82) is 0 Å². The van der Waals surface area contributed by atoms with Crippen LogP contribution in [0.1, 0.15) is 5.56 Å². The molecule has 5 nitrogen and oxygen atoms in total. The maximum absolute atomic E-state index is 12.6. The molecule has 0 aliphatic heterocycles. The molecule has 0 bridgehead atoms. The average Bonchev–Trinajstić information content (AvgIpc) is 3.17. The van der Waals surface area contributed by atoms with Crippen LogP contribution in [-0.2, 0) is 0 Å². The lowest BCUT2D eigenvalue weighted by atomic mass is 10.2. The number of methoxy groups -OCH3 is 1. The van der Waals surface area contributed by atoms with E-state index in [1.165, 1.54) is 15.9 Å². The Kier molecular flexibility index (Phi) is 3.99. The first-order chi connectivity index (χ1) is 12.2. The van der Waals surface area contributed by atoms with Gasteiger partial charge in [-0.1, -0.05) is 53.3 Å². The Hall–Kier alpha value is -2.70. The second-order valence-electron chi connectivity index (χ2n) is 5.27. The quantitative estimate of drug-likeness (QED) is 0.557. The molecule has 4 aromatic rings. The minimum Gasteiger partial charge on any atom is -0.496 e. The largest absolute Gasteiger partial charge is 0.496 e. The predicted octanol–water partition coefficient (Wildman–Crippen LogP) is 3.03. The maximum atomic E-state index is 12.6. The van der Waals surface area contributed by atoms with Gasteiger partial charge in [-0.25, -0.2) is 0 Å². The monoisotopic (exact) mass is 369 g/mol. The third-order valence-electron chi connectivity index (χ3n) is 3.72. The maximum Gasteiger partial charge on any atom is 0.291 e. The van der Waals surface area contributed by atoms with Crippen molar-refractivity contribution in [3.05, 3.63) is 74.0 Å². The van der Waals surface area contributed by atoms with Gasteiger partial charge in [0.05, 0.1) is 17.2 Å². The molecule has 25 heavy (non-hydrogen) atoms. The molecule has 7 heteroatoms. The summed E-state index contributed by atoms with van der Waals surface area (Å²) in [5.41, 5.74) is 1.32. The van der Waals surface area contributed by atoms with Crippen molar-refractivity contribution in [2.75, 3.05) is 7.11 Å². The molecular weight excluding hydrogens is 358 g/mol. The molecule has 0 fully saturated rings. The second-order valence-corrected chi connectivity index (χ2v) is 6.68. The first kappa shape index (κ1) is 15.8. The number of benzene rings is 2. The highest BCUT2D eigenvalue weighted by Gasteiger charge is 2.14. The van der Waals surface area contributed by atoms with E-state index in [1.54, 1.807) is 19.3 Å². The Labute approximate surface area is 151 Å². The SMILES string of the molecule is COc1ccccc1-c1nc2sc(=Cc3ccccc3Cl)c(=O)n2n1. The summed E-state index contributed by atoms with van der Waals surface area (Å²) in [6, 6.07) is 14.8. The van der Waals surface area contributed by atoms with Crippen LogP contribution in [0.2, 0.25) is 5.02 Å². The van der Waals surface area contributed by atoms with Crippen LogP contribution in [0.25, 0.3) is 22.4 Å². The summed E-state index contributed by atoms with van der Waals surface area (Å²) >= 11 is 7.44. The van der Waals surface area contributed by atoms with Crippen molar-refractivity contribution in [3.63, 3.8) is 0 Å². The molecule has 2 heterocycles. The number of nitrogens with zero attached hydrogens (tertiary/aromatic N) is 3. The fourth-order valence-corrected chi connectivity index (χ4v) is 3.60. The summed E-state index contributed by atoms with van der Waals surface area (Å²) in [5.74, 6) is 1.13. The number of para-hydroxylation sites is 1. The summed E-state index contributed by atoms with van der Waals surface area (Å²) in [4.78, 5) is 17.6. The van der Waals surface area contributed by atoms with E-state index in [0.717, 1.165) is 11.1 Å². The molecule has 2 aromatic heterocycles. The van der Waals surface area contributed by atoms with E-state index in [0.29, 0.717) is 26.1 Å². The summed E-state index contributed by atoms with van der Waals surface area (Å²) < 4.78 is 7.18. The molecule has 4 rings (SSSR count). The Morgan fingerprint density at radius 3 is 2.68 bits per heavy atom. The molecule has 124 valence electrons. The van der Waals surface area contributed by atoms with Gasteiger partial charge in [0, 0.05) is 5.02 Å². The van der Waals surface area contributed by atoms with E-state index < -0.39 is 0 Å². The Morgan fingerprint density at radius 1 is 1.16 bits per heavy atom. The van der Waals surface area contributed by atoms with Crippen LogP contribution in [0, 0.1) is 0 Å². The molecule has 0 saturated carbocycles. The fourth-order valence-electron chi connectivity index (χ4n) is 2.51. The Balaban J connectivity index is 1.86. The van der Waals surface area contributed by atoms with E-state index in [9.17, 15) is 4.79 Å². The lowest BCUT2D eigenvalue weighted by Crippen LogP contribution is -2.23. The molecule has 0 amide bonds. The first-order valence-corrected chi connectivity index (χ1v) is 8.66. The minimum absolute atomic E-state index is 0.214. The molecule has 0 radical (unpaired) electrons. The Bertz CT molecular complexity index is 1180. The van der Waals surface area contributed by atoms with Crippen molar-refractivity contribution < 1.29 is 4.74 Å². The molecule has 2 aromatic carbocycles. The fraction of sp³-hybridized carbons (Fsp3) is 0.0556. The number of thiazole rings is 1. The van der Waals surface area contributed by atoms with Crippen LogP contribution in [-0.4, -0.2) is 21.7 Å². The zero-order chi connectivity index (χ0) is 17.4. The molecule has 0 aliphatic carbocycles. The number of aromatic nitrogens is 3. The Morgan fingerprint density at radius 2 is 1.92 bits per heavy atom. The van der Waals surface area contributed by atoms with E-state index in [-0.39, 0.29) is 5.56 Å². The van der Waals surface area contributed by atoms with Crippen LogP contribution >= 0.6 is 22.9 Å². The zero-order valence-electron chi connectivity index (χ0n) is 13.1. The summed E-state index contributed by atoms with van der Waals surface area (Å²) in [6.45, 7) is 0. The lowest BCUT2D eigenvalue weighted by molar-refractivity contribution is 0.416. The normalized spacial score (nSPS) is 12.0. The van der Waals surface area contributed by atoms with Gasteiger partial charge in [-0.15, -0.1) is 5.10 Å². The van der Waals surface area contributed by atoms with Crippen LogP contribution in [0.15, 0.2) is 53.3 Å². The van der Waals surface area contributed by atoms with Crippen LogP contribution in [0.5, 0.6) is 5.75 Å². The van der Waals surface area contributed by atoms with Gasteiger partial charge in [0.15, 0.2) is 5.82 Å². The zero-order valence-corrected chi connectivity index (χ0v) is 14.7. The van der Waals surface area contributed by atoms with E-state index in [2.05, 4.69) is 10.1 Å². The average molecular weight is 370 g/mol. The highest BCUT2D eigenvalue weighted by molar-refractivity contribution is 7.15. The van der Waals surface area contributed by atoms with E-state index >= 15 is 0 Å². The van der Waals surface area contributed by atoms with Crippen molar-refractivity contribution in [2.45, 2.75) is 0 Å². The van der Waals surface area contributed by atoms with Gasteiger partial charge in [-0.2, -0.15) is 9.50 Å². The van der Waals surface area contributed by atoms with Crippen molar-refractivity contribution in [3.8, 4) is 17.1 Å². The first-order valence-electron chi connectivity index (χ1n) is 7.46. The van der Waals surface area contributed by atoms with Crippen LogP contribution in [0.4, 0.5) is 0 Å². The molecule has 0 spiro atoms. The summed E-state index contributed by atoms with van der Waals surface area (Å²) in [5, 5.41) is 4.94. The number of rotatable bonds is 3. The third kappa shape index (κ3) is 2.79. The summed E-state index contributed by atoms with van der Waals surface area (Å²) in [6.07, 6.45) is 1.76. The number of hydrogen-bond donors (Lipinski definition) is 0. The van der Waals surface area contributed by atoms with Gasteiger partial charge >= 0.3 is 0 Å². The lowest BCUT2D eigenvalue weighted by Gasteiger charge is -2.03. The molecule has 0 aliphatic rings. The predicted molar refractivity (Wildman–Crippen MR) is 99.4 cm³/mol. The van der Waals surface area contributed by atoms with Crippen LogP contribution < -0.4 is 14.8 Å². The van der Waals surface area contributed by atoms with Crippen molar-refractivity contribution in [2.24, 2.45) is 0 Å². The van der Waals surface area contributed by atoms with Gasteiger partial charge in [0.2, 0.25) is 4.96 Å². The standard InChI is InChI=1S/C18H12ClN3O2S/c1-24-14-9-5-3-7-12(14)16-20-18-22(21-16)17(23)15(25-18)10-11-6-2-4-8-13(11)19/h2-10H,1H3. The molecule has 0 N–H and O–H groups in total. The smallest absolute Gasteiger partial charge is 0.291 e. The van der Waals surface area contributed by atoms with Crippen molar-refractivity contribution in [1.82, 2.24) is 14.6 Å². The van der Waals surface area contributed by atoms with Gasteiger partial charge < -0.3 is 4.74 Å². The minimum atomic E-state index is -0.214. The molecule has 0 saturated heterocycles. The highest BCUT2D eigenvalue weighted by atomic mass is 35.5. The van der Waals surface area contributed by atoms with E-state index in [4.69, 9.17) is 16.3 Å². The van der Waals surface area contributed by atoms with Gasteiger partial charge in [-0.05, 0) is 29.8 Å². The molecule has 0 atom stereocenters. The van der Waals surface area contributed by atoms with Gasteiger partial charge in [0.25, 0.3) is 5.56 Å². The van der Waals surface area contributed by atoms with E-state index in [1.807, 2.05) is 42.5 Å². The van der Waals surface area contributed by atoms with Crippen LogP contribution in [0.3, 0.4) is 0 Å². The third-order valence-corrected chi connectivity index (χ3v) is 5.02. The van der Waals surface area contributed by atoms with Gasteiger partial charge in [0.1, 0.15) is 5.75 Å². The highest BCUT2D eigenvalue weighted by Crippen LogP contribution is 2.27. The topological polar surface area (TPSA) is 56.5 Å². The molecular formula is C18H12ClN3O2S. The number of halogens is 1. The number of fused-ring (bicyclic) bond motifs is 1. The number of hydrogen-bond acceptors (Lipinski definition) is 5. The summed E-state index contributed by atoms with van der Waals surface area (Å²) in [7, 11) is 1.59. The number of ether oxygens (including phenoxy) is 1. The molecule has 0 unspecified atom stereocenters. The second kappa shape index (κ2) is 6.31.